The fourth-order valence-electron chi connectivity index (χ4n) is 4.49. The molecule has 0 radical (unpaired) electrons. The van der Waals surface area contributed by atoms with Gasteiger partial charge in [0.05, 0.1) is 22.7 Å². The summed E-state index contributed by atoms with van der Waals surface area (Å²) in [4.78, 5) is 18.0. The number of para-hydroxylation sites is 1. The minimum Gasteiger partial charge on any atom is -0.479 e. The van der Waals surface area contributed by atoms with Crippen LogP contribution in [-0.4, -0.2) is 27.0 Å². The Hall–Kier alpha value is -5.17. The predicted octanol–water partition coefficient (Wildman–Crippen LogP) is 6.27. The number of aromatic nitrogens is 3. The normalized spacial score (nSPS) is 11.7. The molecule has 3 aromatic carbocycles. The van der Waals surface area contributed by atoms with Crippen LogP contribution in [0.15, 0.2) is 88.8 Å². The Kier molecular flexibility index (Phi) is 6.96. The first-order valence-corrected chi connectivity index (χ1v) is 12.2. The third kappa shape index (κ3) is 5.09. The van der Waals surface area contributed by atoms with Crippen LogP contribution < -0.4 is 10.3 Å². The van der Waals surface area contributed by atoms with Crippen LogP contribution in [0.1, 0.15) is 22.5 Å². The number of hydrogen-bond donors (Lipinski definition) is 0. The first-order valence-electron chi connectivity index (χ1n) is 12.2. The molecule has 40 heavy (non-hydrogen) atoms. The maximum atomic E-state index is 13.5. The van der Waals surface area contributed by atoms with Crippen LogP contribution in [0.4, 0.5) is 13.2 Å². The highest BCUT2D eigenvalue weighted by Gasteiger charge is 2.31. The maximum Gasteiger partial charge on any atom is 0.416 e. The fourth-order valence-corrected chi connectivity index (χ4v) is 4.49. The van der Waals surface area contributed by atoms with Crippen molar-refractivity contribution in [2.24, 2.45) is 5.10 Å². The summed E-state index contributed by atoms with van der Waals surface area (Å²) >= 11 is 0. The van der Waals surface area contributed by atoms with Crippen molar-refractivity contribution in [3.63, 3.8) is 0 Å². The number of nitriles is 1. The van der Waals surface area contributed by atoms with Gasteiger partial charge in [0.1, 0.15) is 11.8 Å². The zero-order chi connectivity index (χ0) is 28.4. The third-order valence-electron chi connectivity index (χ3n) is 6.38. The van der Waals surface area contributed by atoms with Crippen molar-refractivity contribution in [3.8, 4) is 28.9 Å². The van der Waals surface area contributed by atoms with E-state index in [1.807, 2.05) is 42.7 Å². The van der Waals surface area contributed by atoms with Crippen LogP contribution in [0.25, 0.3) is 28.0 Å². The van der Waals surface area contributed by atoms with E-state index in [9.17, 15) is 18.0 Å². The number of fused-ring (bicyclic) bond motifs is 1. The lowest BCUT2D eigenvalue weighted by Crippen LogP contribution is -2.20. The van der Waals surface area contributed by atoms with E-state index < -0.39 is 17.3 Å². The molecule has 0 fully saturated rings. The minimum absolute atomic E-state index is 0.00665. The lowest BCUT2D eigenvalue weighted by atomic mass is 10.1. The van der Waals surface area contributed by atoms with Gasteiger partial charge in [0.15, 0.2) is 12.4 Å². The van der Waals surface area contributed by atoms with Gasteiger partial charge in [-0.05, 0) is 68.4 Å². The van der Waals surface area contributed by atoms with Gasteiger partial charge in [0.25, 0.3) is 5.56 Å². The quantitative estimate of drug-likeness (QED) is 0.237. The Morgan fingerprint density at radius 3 is 2.50 bits per heavy atom. The van der Waals surface area contributed by atoms with E-state index in [0.29, 0.717) is 22.2 Å². The Bertz CT molecular complexity index is 1850. The number of hydrogen-bond acceptors (Lipinski definition) is 5. The SMILES string of the molecule is Cc1cc(C=Nn2c(-c3cccc(C(F)(F)F)c3)nc3ccccc3c2=O)c(C)n1-c1ccc(OCC#N)cc1. The van der Waals surface area contributed by atoms with Crippen molar-refractivity contribution < 1.29 is 17.9 Å². The number of alkyl halides is 3. The molecule has 0 N–H and O–H groups in total. The van der Waals surface area contributed by atoms with Gasteiger partial charge in [-0.2, -0.15) is 28.2 Å². The second-order valence-electron chi connectivity index (χ2n) is 9.00. The summed E-state index contributed by atoms with van der Waals surface area (Å²) in [5, 5.41) is 13.4. The third-order valence-corrected chi connectivity index (χ3v) is 6.38. The molecule has 0 unspecified atom stereocenters. The molecule has 0 aliphatic carbocycles. The Labute approximate surface area is 227 Å². The molecular formula is C30H22F3N5O2. The Morgan fingerprint density at radius 2 is 1.77 bits per heavy atom. The van der Waals surface area contributed by atoms with Gasteiger partial charge in [-0.1, -0.05) is 24.3 Å². The highest BCUT2D eigenvalue weighted by Crippen LogP contribution is 2.32. The van der Waals surface area contributed by atoms with Crippen molar-refractivity contribution in [3.05, 3.63) is 112 Å². The van der Waals surface area contributed by atoms with E-state index >= 15 is 0 Å². The van der Waals surface area contributed by atoms with E-state index in [1.54, 1.807) is 36.4 Å². The van der Waals surface area contributed by atoms with E-state index in [4.69, 9.17) is 10.00 Å². The number of halogens is 3. The summed E-state index contributed by atoms with van der Waals surface area (Å²) in [5.41, 5.74) is 2.39. The molecule has 2 heterocycles. The van der Waals surface area contributed by atoms with Gasteiger partial charge in [0, 0.05) is 28.2 Å². The Balaban J connectivity index is 1.59. The van der Waals surface area contributed by atoms with Gasteiger partial charge in [-0.15, -0.1) is 0 Å². The lowest BCUT2D eigenvalue weighted by Gasteiger charge is -2.12. The molecule has 0 amide bonds. The zero-order valence-electron chi connectivity index (χ0n) is 21.5. The largest absolute Gasteiger partial charge is 0.479 e. The number of rotatable bonds is 6. The van der Waals surface area contributed by atoms with Crippen molar-refractivity contribution in [2.75, 3.05) is 6.61 Å². The summed E-state index contributed by atoms with van der Waals surface area (Å²) in [6.45, 7) is 3.76. The summed E-state index contributed by atoms with van der Waals surface area (Å²) in [6.07, 6.45) is -3.06. The van der Waals surface area contributed by atoms with E-state index in [-0.39, 0.29) is 18.0 Å². The Morgan fingerprint density at radius 1 is 1.02 bits per heavy atom. The van der Waals surface area contributed by atoms with Gasteiger partial charge in [-0.3, -0.25) is 4.79 Å². The second-order valence-corrected chi connectivity index (χ2v) is 9.00. The summed E-state index contributed by atoms with van der Waals surface area (Å²) in [5.74, 6) is 0.563. The fraction of sp³-hybridized carbons (Fsp3) is 0.133. The summed E-state index contributed by atoms with van der Waals surface area (Å²) in [7, 11) is 0. The predicted molar refractivity (Wildman–Crippen MR) is 146 cm³/mol. The van der Waals surface area contributed by atoms with Gasteiger partial charge < -0.3 is 9.30 Å². The van der Waals surface area contributed by atoms with Crippen molar-refractivity contribution in [1.82, 2.24) is 14.2 Å². The first-order chi connectivity index (χ1) is 19.2. The molecule has 5 rings (SSSR count). The van der Waals surface area contributed by atoms with Crippen molar-refractivity contribution in [1.29, 1.82) is 5.26 Å². The van der Waals surface area contributed by atoms with Crippen LogP contribution >= 0.6 is 0 Å². The summed E-state index contributed by atoms with van der Waals surface area (Å²) in [6, 6.07) is 22.4. The average Bonchev–Trinajstić information content (AvgIpc) is 3.23. The molecule has 2 aromatic heterocycles. The standard InChI is InChI=1S/C30H22F3N5O2/c1-19-16-22(20(2)37(19)24-10-12-25(13-11-24)40-15-14-34)18-35-38-28(21-6-5-7-23(17-21)30(31,32)33)36-27-9-4-3-8-26(27)29(38)39/h3-13,16-18H,15H2,1-2H3. The molecule has 7 nitrogen and oxygen atoms in total. The number of benzene rings is 3. The molecule has 0 aliphatic heterocycles. The smallest absolute Gasteiger partial charge is 0.416 e. The monoisotopic (exact) mass is 541 g/mol. The van der Waals surface area contributed by atoms with Crippen LogP contribution in [0.2, 0.25) is 0 Å². The van der Waals surface area contributed by atoms with Crippen molar-refractivity contribution >= 4 is 17.1 Å². The number of nitrogens with zero attached hydrogens (tertiary/aromatic N) is 5. The van der Waals surface area contributed by atoms with Gasteiger partial charge in [-0.25, -0.2) is 4.98 Å². The number of ether oxygens (including phenoxy) is 1. The molecule has 5 aromatic rings. The van der Waals surface area contributed by atoms with Gasteiger partial charge >= 0.3 is 6.18 Å². The minimum atomic E-state index is -4.56. The highest BCUT2D eigenvalue weighted by atomic mass is 19.4. The van der Waals surface area contributed by atoms with E-state index in [1.165, 1.54) is 18.3 Å². The molecule has 0 saturated heterocycles. The zero-order valence-corrected chi connectivity index (χ0v) is 21.5. The highest BCUT2D eigenvalue weighted by molar-refractivity contribution is 5.83. The molecule has 0 aliphatic rings. The summed E-state index contributed by atoms with van der Waals surface area (Å²) < 4.78 is 48.7. The van der Waals surface area contributed by atoms with E-state index in [2.05, 4.69) is 10.1 Å². The molecule has 10 heteroatoms. The topological polar surface area (TPSA) is 85.2 Å². The first kappa shape index (κ1) is 26.4. The van der Waals surface area contributed by atoms with Crippen LogP contribution in [0, 0.1) is 25.2 Å². The second kappa shape index (κ2) is 10.5. The van der Waals surface area contributed by atoms with Crippen LogP contribution in [0.5, 0.6) is 5.75 Å². The van der Waals surface area contributed by atoms with Crippen molar-refractivity contribution in [2.45, 2.75) is 20.0 Å². The molecular weight excluding hydrogens is 519 g/mol. The van der Waals surface area contributed by atoms with Crippen LogP contribution in [0.3, 0.4) is 0 Å². The molecule has 0 spiro atoms. The molecule has 0 saturated carbocycles. The molecule has 0 atom stereocenters. The average molecular weight is 542 g/mol. The van der Waals surface area contributed by atoms with Gasteiger partial charge in [0.2, 0.25) is 0 Å². The van der Waals surface area contributed by atoms with Crippen LogP contribution in [-0.2, 0) is 6.18 Å². The van der Waals surface area contributed by atoms with E-state index in [0.717, 1.165) is 33.9 Å². The number of aryl methyl sites for hydroxylation is 1. The molecule has 200 valence electrons. The lowest BCUT2D eigenvalue weighted by molar-refractivity contribution is -0.137. The molecule has 0 bridgehead atoms. The maximum absolute atomic E-state index is 13.5.